The minimum absolute atomic E-state index is 0.0966. The maximum absolute atomic E-state index is 12.5. The molecule has 0 radical (unpaired) electrons. The van der Waals surface area contributed by atoms with Gasteiger partial charge in [0.15, 0.2) is 0 Å². The molecule has 0 unspecified atom stereocenters. The Balaban J connectivity index is 1.75. The Morgan fingerprint density at radius 1 is 1.10 bits per heavy atom. The summed E-state index contributed by atoms with van der Waals surface area (Å²) in [6.07, 6.45) is 0. The van der Waals surface area contributed by atoms with E-state index in [1.807, 2.05) is 37.3 Å². The normalized spacial score (nSPS) is 10.2. The summed E-state index contributed by atoms with van der Waals surface area (Å²) in [5.74, 6) is 1.00. The van der Waals surface area contributed by atoms with Crippen molar-refractivity contribution in [3.8, 4) is 28.8 Å². The van der Waals surface area contributed by atoms with Gasteiger partial charge in [-0.25, -0.2) is 4.98 Å². The number of ether oxygens (including phenoxy) is 2. The van der Waals surface area contributed by atoms with Gasteiger partial charge in [0.1, 0.15) is 22.6 Å². The predicted octanol–water partition coefficient (Wildman–Crippen LogP) is 4.68. The number of carbonyl (C=O) groups is 1. The summed E-state index contributed by atoms with van der Waals surface area (Å²) in [5.41, 5.74) is 3.82. The molecule has 0 saturated carbocycles. The quantitative estimate of drug-likeness (QED) is 0.560. The van der Waals surface area contributed by atoms with E-state index in [-0.39, 0.29) is 11.7 Å². The minimum atomic E-state index is -0.238. The van der Waals surface area contributed by atoms with E-state index in [1.54, 1.807) is 31.4 Å². The highest BCUT2D eigenvalue weighted by Crippen LogP contribution is 2.30. The predicted molar refractivity (Wildman–Crippen MR) is 118 cm³/mol. The van der Waals surface area contributed by atoms with Crippen molar-refractivity contribution < 1.29 is 14.3 Å². The molecule has 0 spiro atoms. The second kappa shape index (κ2) is 9.81. The third-order valence-corrected chi connectivity index (χ3v) is 5.34. The molecule has 0 fully saturated rings. The minimum Gasteiger partial charge on any atom is -0.497 e. The first kappa shape index (κ1) is 21.2. The van der Waals surface area contributed by atoms with E-state index in [2.05, 4.69) is 16.4 Å². The summed E-state index contributed by atoms with van der Waals surface area (Å²) < 4.78 is 10.5. The van der Waals surface area contributed by atoms with Crippen molar-refractivity contribution >= 4 is 23.4 Å². The molecule has 0 bridgehead atoms. The number of nitriles is 1. The van der Waals surface area contributed by atoms with Gasteiger partial charge in [0.2, 0.25) is 5.91 Å². The van der Waals surface area contributed by atoms with Crippen molar-refractivity contribution in [2.45, 2.75) is 11.9 Å². The maximum Gasteiger partial charge on any atom is 0.234 e. The average Bonchev–Trinajstić information content (AvgIpc) is 2.78. The number of anilines is 1. The summed E-state index contributed by atoms with van der Waals surface area (Å²) >= 11 is 1.22. The Bertz CT molecular complexity index is 1090. The van der Waals surface area contributed by atoms with Gasteiger partial charge in [-0.15, -0.1) is 0 Å². The summed E-state index contributed by atoms with van der Waals surface area (Å²) in [6.45, 7) is 2.02. The molecule has 3 aromatic rings. The summed E-state index contributed by atoms with van der Waals surface area (Å²) in [4.78, 5) is 17.1. The molecule has 2 aromatic carbocycles. The number of aryl methyl sites for hydroxylation is 1. The van der Waals surface area contributed by atoms with Gasteiger partial charge in [-0.1, -0.05) is 41.6 Å². The molecular formula is C23H21N3O3S. The Labute approximate surface area is 179 Å². The molecule has 3 rings (SSSR count). The average molecular weight is 420 g/mol. The standard InChI is InChI=1S/C23H21N3O3S/c1-15-4-6-16(7-5-15)19-10-8-17(13-24)23(26-19)30-14-22(27)25-20-12-18(28-2)9-11-21(20)29-3/h4-12H,14H2,1-3H3,(H,25,27). The maximum atomic E-state index is 12.5. The number of nitrogens with one attached hydrogen (secondary N) is 1. The number of rotatable bonds is 7. The van der Waals surface area contributed by atoms with Crippen molar-refractivity contribution in [2.75, 3.05) is 25.3 Å². The van der Waals surface area contributed by atoms with Gasteiger partial charge in [-0.3, -0.25) is 4.79 Å². The van der Waals surface area contributed by atoms with Crippen LogP contribution in [0.15, 0.2) is 59.6 Å². The molecule has 6 nitrogen and oxygen atoms in total. The molecular weight excluding hydrogens is 398 g/mol. The zero-order valence-corrected chi connectivity index (χ0v) is 17.7. The number of nitrogens with zero attached hydrogens (tertiary/aromatic N) is 2. The van der Waals surface area contributed by atoms with Crippen LogP contribution in [0.2, 0.25) is 0 Å². The lowest BCUT2D eigenvalue weighted by atomic mass is 10.1. The summed E-state index contributed by atoms with van der Waals surface area (Å²) in [6, 6.07) is 18.8. The van der Waals surface area contributed by atoms with Crippen LogP contribution < -0.4 is 14.8 Å². The molecule has 0 aliphatic heterocycles. The number of pyridine rings is 1. The highest BCUT2D eigenvalue weighted by Gasteiger charge is 2.13. The Morgan fingerprint density at radius 3 is 2.53 bits per heavy atom. The number of benzene rings is 2. The topological polar surface area (TPSA) is 84.2 Å². The van der Waals surface area contributed by atoms with Gasteiger partial charge in [0.05, 0.1) is 36.9 Å². The summed E-state index contributed by atoms with van der Waals surface area (Å²) in [5, 5.41) is 12.7. The number of aromatic nitrogens is 1. The van der Waals surface area contributed by atoms with Gasteiger partial charge in [0, 0.05) is 11.6 Å². The monoisotopic (exact) mass is 419 g/mol. The van der Waals surface area contributed by atoms with Crippen LogP contribution >= 0.6 is 11.8 Å². The second-order valence-electron chi connectivity index (χ2n) is 6.43. The van der Waals surface area contributed by atoms with E-state index in [0.29, 0.717) is 27.8 Å². The highest BCUT2D eigenvalue weighted by atomic mass is 32.2. The first-order valence-electron chi connectivity index (χ1n) is 9.17. The van der Waals surface area contributed by atoms with Crippen molar-refractivity contribution in [1.82, 2.24) is 4.98 Å². The number of methoxy groups -OCH3 is 2. The molecule has 1 N–H and O–H groups in total. The Hall–Kier alpha value is -3.50. The molecule has 0 saturated heterocycles. The lowest BCUT2D eigenvalue weighted by molar-refractivity contribution is -0.113. The van der Waals surface area contributed by atoms with Crippen LogP contribution in [0.4, 0.5) is 5.69 Å². The smallest absolute Gasteiger partial charge is 0.234 e. The first-order chi connectivity index (χ1) is 14.5. The lowest BCUT2D eigenvalue weighted by Gasteiger charge is -2.12. The zero-order valence-electron chi connectivity index (χ0n) is 16.9. The molecule has 0 aliphatic carbocycles. The van der Waals surface area contributed by atoms with Crippen LogP contribution in [-0.2, 0) is 4.79 Å². The number of hydrogen-bond donors (Lipinski definition) is 1. The van der Waals surface area contributed by atoms with Crippen LogP contribution in [0.1, 0.15) is 11.1 Å². The van der Waals surface area contributed by atoms with Gasteiger partial charge in [0.25, 0.3) is 0 Å². The van der Waals surface area contributed by atoms with Gasteiger partial charge >= 0.3 is 0 Å². The molecule has 1 heterocycles. The van der Waals surface area contributed by atoms with Crippen LogP contribution in [0.3, 0.4) is 0 Å². The third-order valence-electron chi connectivity index (χ3n) is 4.35. The van der Waals surface area contributed by atoms with Gasteiger partial charge in [-0.2, -0.15) is 5.26 Å². The van der Waals surface area contributed by atoms with Crippen molar-refractivity contribution in [2.24, 2.45) is 0 Å². The molecule has 7 heteroatoms. The molecule has 0 atom stereocenters. The van der Waals surface area contributed by atoms with E-state index in [4.69, 9.17) is 9.47 Å². The van der Waals surface area contributed by atoms with Crippen molar-refractivity contribution in [3.63, 3.8) is 0 Å². The fraction of sp³-hybridized carbons (Fsp3) is 0.174. The van der Waals surface area contributed by atoms with Crippen molar-refractivity contribution in [1.29, 1.82) is 5.26 Å². The van der Waals surface area contributed by atoms with Crippen molar-refractivity contribution in [3.05, 3.63) is 65.7 Å². The molecule has 30 heavy (non-hydrogen) atoms. The second-order valence-corrected chi connectivity index (χ2v) is 7.39. The van der Waals surface area contributed by atoms with E-state index in [0.717, 1.165) is 16.8 Å². The van der Waals surface area contributed by atoms with Crippen LogP contribution in [0, 0.1) is 18.3 Å². The number of carbonyl (C=O) groups excluding carboxylic acids is 1. The molecule has 152 valence electrons. The Kier molecular flexibility index (Phi) is 6.94. The van der Waals surface area contributed by atoms with Gasteiger partial charge in [-0.05, 0) is 31.2 Å². The lowest BCUT2D eigenvalue weighted by Crippen LogP contribution is -2.15. The Morgan fingerprint density at radius 2 is 1.87 bits per heavy atom. The van der Waals surface area contributed by atoms with Crippen LogP contribution in [0.5, 0.6) is 11.5 Å². The first-order valence-corrected chi connectivity index (χ1v) is 10.2. The van der Waals surface area contributed by atoms with Gasteiger partial charge < -0.3 is 14.8 Å². The van der Waals surface area contributed by atoms with E-state index in [1.165, 1.54) is 18.9 Å². The van der Waals surface area contributed by atoms with E-state index >= 15 is 0 Å². The largest absolute Gasteiger partial charge is 0.497 e. The van der Waals surface area contributed by atoms with E-state index in [9.17, 15) is 10.1 Å². The summed E-state index contributed by atoms with van der Waals surface area (Å²) in [7, 11) is 3.09. The number of thioether (sulfide) groups is 1. The van der Waals surface area contributed by atoms with Crippen LogP contribution in [-0.4, -0.2) is 30.9 Å². The van der Waals surface area contributed by atoms with Crippen LogP contribution in [0.25, 0.3) is 11.3 Å². The number of hydrogen-bond acceptors (Lipinski definition) is 6. The fourth-order valence-corrected chi connectivity index (χ4v) is 3.52. The zero-order chi connectivity index (χ0) is 21.5. The van der Waals surface area contributed by atoms with E-state index < -0.39 is 0 Å². The SMILES string of the molecule is COc1ccc(OC)c(NC(=O)CSc2nc(-c3ccc(C)cc3)ccc2C#N)c1. The third kappa shape index (κ3) is 5.10. The fourth-order valence-electron chi connectivity index (χ4n) is 2.75. The molecule has 0 aliphatic rings. The number of amides is 1. The highest BCUT2D eigenvalue weighted by molar-refractivity contribution is 8.00. The molecule has 1 amide bonds. The molecule has 1 aromatic heterocycles.